The predicted octanol–water partition coefficient (Wildman–Crippen LogP) is 1.49. The molecule has 1 saturated heterocycles. The van der Waals surface area contributed by atoms with Gasteiger partial charge in [-0.05, 0) is 30.9 Å². The Labute approximate surface area is 112 Å². The largest absolute Gasteiger partial charge is 0.325 e. The molecule has 1 aliphatic heterocycles. The van der Waals surface area contributed by atoms with Crippen molar-refractivity contribution >= 4 is 11.9 Å². The van der Waals surface area contributed by atoms with E-state index in [-0.39, 0.29) is 11.9 Å². The molecule has 0 aromatic carbocycles. The summed E-state index contributed by atoms with van der Waals surface area (Å²) in [4.78, 5) is 29.8. The molecule has 19 heavy (non-hydrogen) atoms. The van der Waals surface area contributed by atoms with Crippen LogP contribution in [0, 0.1) is 0 Å². The topological polar surface area (TPSA) is 62.3 Å². The first kappa shape index (κ1) is 12.1. The molecule has 100 valence electrons. The molecule has 2 fully saturated rings. The third kappa shape index (κ3) is 1.99. The molecule has 2 aliphatic rings. The Morgan fingerprint density at radius 2 is 2.11 bits per heavy atom. The molecule has 3 amide bonds. The monoisotopic (exact) mass is 259 g/mol. The van der Waals surface area contributed by atoms with Gasteiger partial charge in [-0.3, -0.25) is 15.1 Å². The Hall–Kier alpha value is -1.91. The first-order chi connectivity index (χ1) is 9.22. The number of nitrogens with one attached hydrogen (secondary N) is 1. The van der Waals surface area contributed by atoms with Gasteiger partial charge in [-0.2, -0.15) is 0 Å². The number of rotatable bonds is 3. The minimum absolute atomic E-state index is 0.110. The molecular weight excluding hydrogens is 242 g/mol. The van der Waals surface area contributed by atoms with Crippen LogP contribution in [0.25, 0.3) is 0 Å². The summed E-state index contributed by atoms with van der Waals surface area (Å²) in [5.74, 6) is -0.110. The summed E-state index contributed by atoms with van der Waals surface area (Å²) < 4.78 is 0. The number of hydrogen-bond acceptors (Lipinski definition) is 3. The highest BCUT2D eigenvalue weighted by atomic mass is 16.2. The SMILES string of the molecule is O=C1NC(=O)C2(CCCC2)N1CCc1cccnc1. The molecule has 0 radical (unpaired) electrons. The highest BCUT2D eigenvalue weighted by molar-refractivity contribution is 6.07. The van der Waals surface area contributed by atoms with Gasteiger partial charge in [0.25, 0.3) is 5.91 Å². The highest BCUT2D eigenvalue weighted by Crippen LogP contribution is 2.38. The number of carbonyl (C=O) groups excluding carboxylic acids is 2. The van der Waals surface area contributed by atoms with Crippen molar-refractivity contribution in [2.24, 2.45) is 0 Å². The fourth-order valence-electron chi connectivity index (χ4n) is 3.16. The van der Waals surface area contributed by atoms with Crippen LogP contribution in [0.2, 0.25) is 0 Å². The summed E-state index contributed by atoms with van der Waals surface area (Å²) >= 11 is 0. The van der Waals surface area contributed by atoms with E-state index in [1.165, 1.54) is 0 Å². The third-order valence-corrected chi connectivity index (χ3v) is 4.18. The Morgan fingerprint density at radius 1 is 1.32 bits per heavy atom. The lowest BCUT2D eigenvalue weighted by atomic mass is 9.95. The van der Waals surface area contributed by atoms with Gasteiger partial charge in [0.1, 0.15) is 5.54 Å². The van der Waals surface area contributed by atoms with E-state index < -0.39 is 5.54 Å². The molecule has 3 rings (SSSR count). The molecule has 1 saturated carbocycles. The normalized spacial score (nSPS) is 21.2. The summed E-state index contributed by atoms with van der Waals surface area (Å²) in [6.07, 6.45) is 7.88. The fourth-order valence-corrected chi connectivity index (χ4v) is 3.16. The summed E-state index contributed by atoms with van der Waals surface area (Å²) in [5.41, 5.74) is 0.516. The molecule has 2 heterocycles. The van der Waals surface area contributed by atoms with E-state index in [0.29, 0.717) is 6.54 Å². The van der Waals surface area contributed by atoms with E-state index in [1.54, 1.807) is 17.3 Å². The highest BCUT2D eigenvalue weighted by Gasteiger charge is 2.53. The van der Waals surface area contributed by atoms with Crippen LogP contribution in [0.15, 0.2) is 24.5 Å². The van der Waals surface area contributed by atoms with Crippen molar-refractivity contribution in [1.29, 1.82) is 0 Å². The van der Waals surface area contributed by atoms with Crippen molar-refractivity contribution in [1.82, 2.24) is 15.2 Å². The van der Waals surface area contributed by atoms with Gasteiger partial charge in [0.15, 0.2) is 0 Å². The Kier molecular flexibility index (Phi) is 2.97. The zero-order valence-electron chi connectivity index (χ0n) is 10.8. The van der Waals surface area contributed by atoms with Crippen LogP contribution in [-0.4, -0.2) is 33.9 Å². The van der Waals surface area contributed by atoms with Gasteiger partial charge in [0.2, 0.25) is 0 Å². The molecule has 0 atom stereocenters. The van der Waals surface area contributed by atoms with Crippen LogP contribution in [-0.2, 0) is 11.2 Å². The average molecular weight is 259 g/mol. The van der Waals surface area contributed by atoms with Crippen LogP contribution < -0.4 is 5.32 Å². The maximum atomic E-state index is 12.0. The van der Waals surface area contributed by atoms with Crippen molar-refractivity contribution in [3.05, 3.63) is 30.1 Å². The van der Waals surface area contributed by atoms with Crippen LogP contribution in [0.4, 0.5) is 4.79 Å². The molecule has 0 bridgehead atoms. The first-order valence-corrected chi connectivity index (χ1v) is 6.74. The van der Waals surface area contributed by atoms with E-state index >= 15 is 0 Å². The first-order valence-electron chi connectivity index (χ1n) is 6.74. The lowest BCUT2D eigenvalue weighted by Crippen LogP contribution is -2.48. The smallest absolute Gasteiger partial charge is 0.309 e. The van der Waals surface area contributed by atoms with Crippen molar-refractivity contribution in [2.45, 2.75) is 37.6 Å². The standard InChI is InChI=1S/C14H17N3O2/c18-12-14(6-1-2-7-14)17(13(19)16-12)9-5-11-4-3-8-15-10-11/h3-4,8,10H,1-2,5-7,9H2,(H,16,18,19). The van der Waals surface area contributed by atoms with Crippen molar-refractivity contribution in [3.8, 4) is 0 Å². The second-order valence-electron chi connectivity index (χ2n) is 5.26. The quantitative estimate of drug-likeness (QED) is 0.836. The van der Waals surface area contributed by atoms with Gasteiger partial charge in [0.05, 0.1) is 0 Å². The van der Waals surface area contributed by atoms with Gasteiger partial charge in [-0.25, -0.2) is 4.79 Å². The van der Waals surface area contributed by atoms with Crippen molar-refractivity contribution in [3.63, 3.8) is 0 Å². The average Bonchev–Trinajstić information content (AvgIpc) is 2.98. The van der Waals surface area contributed by atoms with Crippen molar-refractivity contribution in [2.75, 3.05) is 6.54 Å². The minimum Gasteiger partial charge on any atom is -0.309 e. The van der Waals surface area contributed by atoms with Gasteiger partial charge in [-0.15, -0.1) is 0 Å². The minimum atomic E-state index is -0.570. The Morgan fingerprint density at radius 3 is 2.79 bits per heavy atom. The summed E-state index contributed by atoms with van der Waals surface area (Å²) in [6, 6.07) is 3.63. The van der Waals surface area contributed by atoms with Crippen LogP contribution in [0.3, 0.4) is 0 Å². The van der Waals surface area contributed by atoms with Crippen LogP contribution in [0.1, 0.15) is 31.2 Å². The molecule has 1 spiro atoms. The number of hydrogen-bond donors (Lipinski definition) is 1. The van der Waals surface area contributed by atoms with E-state index in [0.717, 1.165) is 37.7 Å². The Bertz CT molecular complexity index is 495. The zero-order chi connectivity index (χ0) is 13.3. The number of amides is 3. The number of imide groups is 1. The van der Waals surface area contributed by atoms with Gasteiger partial charge in [-0.1, -0.05) is 18.9 Å². The van der Waals surface area contributed by atoms with Gasteiger partial charge in [0, 0.05) is 18.9 Å². The second kappa shape index (κ2) is 4.64. The van der Waals surface area contributed by atoms with E-state index in [4.69, 9.17) is 0 Å². The number of carbonyl (C=O) groups is 2. The zero-order valence-corrected chi connectivity index (χ0v) is 10.8. The molecule has 1 aromatic heterocycles. The van der Waals surface area contributed by atoms with Crippen LogP contribution in [0.5, 0.6) is 0 Å². The molecule has 1 N–H and O–H groups in total. The maximum absolute atomic E-state index is 12.0. The van der Waals surface area contributed by atoms with E-state index in [1.807, 2.05) is 12.1 Å². The van der Waals surface area contributed by atoms with E-state index in [2.05, 4.69) is 10.3 Å². The van der Waals surface area contributed by atoms with Crippen molar-refractivity contribution < 1.29 is 9.59 Å². The number of pyridine rings is 1. The lowest BCUT2D eigenvalue weighted by molar-refractivity contribution is -0.126. The number of nitrogens with zero attached hydrogens (tertiary/aromatic N) is 2. The predicted molar refractivity (Wildman–Crippen MR) is 69.4 cm³/mol. The molecule has 5 heteroatoms. The molecule has 1 aliphatic carbocycles. The molecule has 1 aromatic rings. The number of aromatic nitrogens is 1. The fraction of sp³-hybridized carbons (Fsp3) is 0.500. The third-order valence-electron chi connectivity index (χ3n) is 4.18. The summed E-state index contributed by atoms with van der Waals surface area (Å²) in [5, 5.41) is 2.47. The van der Waals surface area contributed by atoms with E-state index in [9.17, 15) is 9.59 Å². The molecular formula is C14H17N3O2. The van der Waals surface area contributed by atoms with Gasteiger partial charge >= 0.3 is 6.03 Å². The second-order valence-corrected chi connectivity index (χ2v) is 5.26. The van der Waals surface area contributed by atoms with Crippen LogP contribution >= 0.6 is 0 Å². The summed E-state index contributed by atoms with van der Waals surface area (Å²) in [7, 11) is 0. The Balaban J connectivity index is 1.75. The lowest BCUT2D eigenvalue weighted by Gasteiger charge is -2.31. The number of urea groups is 1. The summed E-state index contributed by atoms with van der Waals surface area (Å²) in [6.45, 7) is 0.573. The van der Waals surface area contributed by atoms with Gasteiger partial charge < -0.3 is 4.90 Å². The molecule has 0 unspecified atom stereocenters. The maximum Gasteiger partial charge on any atom is 0.325 e. The molecule has 5 nitrogen and oxygen atoms in total.